The third kappa shape index (κ3) is 3.21. The number of nitrogens with one attached hydrogen (secondary N) is 1. The molecule has 0 atom stereocenters. The summed E-state index contributed by atoms with van der Waals surface area (Å²) in [4.78, 5) is 12.8. The van der Waals surface area contributed by atoms with Crippen molar-refractivity contribution in [2.45, 2.75) is 11.8 Å². The molecule has 0 bridgehead atoms. The van der Waals surface area contributed by atoms with Crippen LogP contribution in [0.25, 0.3) is 5.69 Å². The zero-order valence-corrected chi connectivity index (χ0v) is 14.6. The normalized spacial score (nSPS) is 11.5. The highest BCUT2D eigenvalue weighted by atomic mass is 32.2. The maximum atomic E-state index is 12.8. The van der Waals surface area contributed by atoms with Crippen LogP contribution < -0.4 is 16.0 Å². The van der Waals surface area contributed by atoms with Gasteiger partial charge in [0.05, 0.1) is 16.3 Å². The number of nitrogens with two attached hydrogens (primary N) is 1. The lowest BCUT2D eigenvalue weighted by atomic mass is 10.3. The number of sulfonamides is 1. The van der Waals surface area contributed by atoms with E-state index in [9.17, 15) is 13.2 Å². The number of aromatic nitrogens is 2. The summed E-state index contributed by atoms with van der Waals surface area (Å²) in [5, 5.41) is 8.15. The summed E-state index contributed by atoms with van der Waals surface area (Å²) in [7, 11) is -1.94. The molecule has 0 saturated heterocycles. The monoisotopic (exact) mass is 358 g/mol. The number of benzene rings is 2. The first-order valence-corrected chi connectivity index (χ1v) is 9.07. The number of para-hydroxylation sites is 1. The Morgan fingerprint density at radius 3 is 2.16 bits per heavy atom. The minimum Gasteiger partial charge on any atom is -0.349 e. The van der Waals surface area contributed by atoms with E-state index in [-0.39, 0.29) is 10.5 Å². The summed E-state index contributed by atoms with van der Waals surface area (Å²) in [5.74, 6) is 0. The lowest BCUT2D eigenvalue weighted by Gasteiger charge is -2.07. The summed E-state index contributed by atoms with van der Waals surface area (Å²) in [6.45, 7) is 1.84. The molecular formula is C17H18N4O3S. The Bertz CT molecular complexity index is 1070. The Kier molecular flexibility index (Phi) is 4.23. The van der Waals surface area contributed by atoms with Gasteiger partial charge in [-0.05, 0) is 43.3 Å². The van der Waals surface area contributed by atoms with E-state index < -0.39 is 10.0 Å². The molecule has 8 heteroatoms. The SMILES string of the molecule is Cc1c(Nc2ccc(S(N)(=O)=O)cc2)c(=O)n(-c2ccccc2)n1C. The molecule has 0 aliphatic carbocycles. The molecule has 1 aromatic heterocycles. The third-order valence-corrected chi connectivity index (χ3v) is 4.94. The van der Waals surface area contributed by atoms with Crippen LogP contribution in [0.3, 0.4) is 0 Å². The Hall–Kier alpha value is -2.84. The molecule has 0 saturated carbocycles. The molecule has 3 N–H and O–H groups in total. The minimum absolute atomic E-state index is 0.0181. The Labute approximate surface area is 145 Å². The molecule has 0 fully saturated rings. The Balaban J connectivity index is 2.01. The second-order valence-electron chi connectivity index (χ2n) is 5.63. The minimum atomic E-state index is -3.75. The molecule has 130 valence electrons. The van der Waals surface area contributed by atoms with Crippen molar-refractivity contribution >= 4 is 21.4 Å². The van der Waals surface area contributed by atoms with Crippen molar-refractivity contribution < 1.29 is 8.42 Å². The van der Waals surface area contributed by atoms with E-state index in [2.05, 4.69) is 5.32 Å². The third-order valence-electron chi connectivity index (χ3n) is 4.01. The fourth-order valence-electron chi connectivity index (χ4n) is 2.58. The predicted molar refractivity (Wildman–Crippen MR) is 96.8 cm³/mol. The van der Waals surface area contributed by atoms with Crippen molar-refractivity contribution in [3.8, 4) is 5.69 Å². The molecule has 0 unspecified atom stereocenters. The van der Waals surface area contributed by atoms with Crippen LogP contribution in [0.4, 0.5) is 11.4 Å². The summed E-state index contributed by atoms with van der Waals surface area (Å²) < 4.78 is 26.0. The molecule has 25 heavy (non-hydrogen) atoms. The van der Waals surface area contributed by atoms with E-state index >= 15 is 0 Å². The van der Waals surface area contributed by atoms with Crippen molar-refractivity contribution in [2.75, 3.05) is 5.32 Å². The van der Waals surface area contributed by atoms with Gasteiger partial charge in [0.2, 0.25) is 10.0 Å². The standard InChI is InChI=1S/C17H18N4O3S/c1-12-16(19-13-8-10-15(11-9-13)25(18,23)24)17(22)21(20(12)2)14-6-4-3-5-7-14/h3-11,19H,1-2H3,(H2,18,23,24). The molecule has 0 aliphatic heterocycles. The van der Waals surface area contributed by atoms with Gasteiger partial charge in [-0.25, -0.2) is 18.2 Å². The molecule has 0 aliphatic rings. The average molecular weight is 358 g/mol. The maximum absolute atomic E-state index is 12.8. The molecule has 1 heterocycles. The average Bonchev–Trinajstić information content (AvgIpc) is 2.79. The van der Waals surface area contributed by atoms with Gasteiger partial charge in [0.25, 0.3) is 5.56 Å². The van der Waals surface area contributed by atoms with E-state index in [1.165, 1.54) is 12.1 Å². The summed E-state index contributed by atoms with van der Waals surface area (Å²) in [6.07, 6.45) is 0. The van der Waals surface area contributed by atoms with Crippen LogP contribution in [0.2, 0.25) is 0 Å². The lowest BCUT2D eigenvalue weighted by Crippen LogP contribution is -2.20. The molecule has 0 radical (unpaired) electrons. The van der Waals surface area contributed by atoms with Gasteiger partial charge in [0.15, 0.2) is 0 Å². The number of hydrogen-bond donors (Lipinski definition) is 2. The molecule has 3 rings (SSSR count). The molecule has 2 aromatic carbocycles. The van der Waals surface area contributed by atoms with Crippen LogP contribution in [-0.4, -0.2) is 17.8 Å². The molecular weight excluding hydrogens is 340 g/mol. The lowest BCUT2D eigenvalue weighted by molar-refractivity contribution is 0.598. The van der Waals surface area contributed by atoms with Gasteiger partial charge in [-0.1, -0.05) is 18.2 Å². The van der Waals surface area contributed by atoms with Gasteiger partial charge < -0.3 is 5.32 Å². The summed E-state index contributed by atoms with van der Waals surface area (Å²) in [5.41, 5.74) is 2.34. The largest absolute Gasteiger partial charge is 0.349 e. The fourth-order valence-corrected chi connectivity index (χ4v) is 3.10. The number of hydrogen-bond acceptors (Lipinski definition) is 4. The second-order valence-corrected chi connectivity index (χ2v) is 7.19. The Morgan fingerprint density at radius 2 is 1.60 bits per heavy atom. The Morgan fingerprint density at radius 1 is 1.00 bits per heavy atom. The number of primary sulfonamides is 1. The van der Waals surface area contributed by atoms with Gasteiger partial charge in [-0.3, -0.25) is 9.48 Å². The van der Waals surface area contributed by atoms with Crippen LogP contribution in [0.5, 0.6) is 0 Å². The fraction of sp³-hybridized carbons (Fsp3) is 0.118. The molecule has 7 nitrogen and oxygen atoms in total. The van der Waals surface area contributed by atoms with E-state index in [0.29, 0.717) is 11.4 Å². The second kappa shape index (κ2) is 6.23. The van der Waals surface area contributed by atoms with Crippen molar-refractivity contribution in [2.24, 2.45) is 12.2 Å². The molecule has 0 amide bonds. The smallest absolute Gasteiger partial charge is 0.295 e. The highest BCUT2D eigenvalue weighted by molar-refractivity contribution is 7.89. The van der Waals surface area contributed by atoms with E-state index in [0.717, 1.165) is 11.4 Å². The molecule has 0 spiro atoms. The van der Waals surface area contributed by atoms with Crippen molar-refractivity contribution in [1.82, 2.24) is 9.36 Å². The number of nitrogens with zero attached hydrogens (tertiary/aromatic N) is 2. The first-order chi connectivity index (χ1) is 11.8. The number of anilines is 2. The first kappa shape index (κ1) is 17.0. The summed E-state index contributed by atoms with van der Waals surface area (Å²) >= 11 is 0. The zero-order chi connectivity index (χ0) is 18.2. The van der Waals surface area contributed by atoms with Gasteiger partial charge in [0, 0.05) is 12.7 Å². The predicted octanol–water partition coefficient (Wildman–Crippen LogP) is 1.88. The van der Waals surface area contributed by atoms with Gasteiger partial charge >= 0.3 is 0 Å². The van der Waals surface area contributed by atoms with E-state index in [4.69, 9.17) is 5.14 Å². The van der Waals surface area contributed by atoms with Crippen molar-refractivity contribution in [1.29, 1.82) is 0 Å². The summed E-state index contributed by atoms with van der Waals surface area (Å²) in [6, 6.07) is 15.2. The van der Waals surface area contributed by atoms with Crippen molar-refractivity contribution in [3.05, 3.63) is 70.6 Å². The van der Waals surface area contributed by atoms with E-state index in [1.54, 1.807) is 28.5 Å². The highest BCUT2D eigenvalue weighted by Gasteiger charge is 2.16. The first-order valence-electron chi connectivity index (χ1n) is 7.53. The quantitative estimate of drug-likeness (QED) is 0.744. The topological polar surface area (TPSA) is 99.1 Å². The number of rotatable bonds is 4. The molecule has 3 aromatic rings. The van der Waals surface area contributed by atoms with Crippen molar-refractivity contribution in [3.63, 3.8) is 0 Å². The van der Waals surface area contributed by atoms with Crippen LogP contribution in [-0.2, 0) is 17.1 Å². The van der Waals surface area contributed by atoms with Crippen LogP contribution in [0.1, 0.15) is 5.69 Å². The van der Waals surface area contributed by atoms with Crippen LogP contribution in [0, 0.1) is 6.92 Å². The van der Waals surface area contributed by atoms with Gasteiger partial charge in [-0.15, -0.1) is 0 Å². The highest BCUT2D eigenvalue weighted by Crippen LogP contribution is 2.20. The van der Waals surface area contributed by atoms with E-state index in [1.807, 2.05) is 37.3 Å². The van der Waals surface area contributed by atoms with Crippen LogP contribution in [0.15, 0.2) is 64.3 Å². The van der Waals surface area contributed by atoms with Gasteiger partial charge in [0.1, 0.15) is 5.69 Å². The van der Waals surface area contributed by atoms with Crippen LogP contribution >= 0.6 is 0 Å². The maximum Gasteiger partial charge on any atom is 0.295 e. The zero-order valence-electron chi connectivity index (χ0n) is 13.8. The van der Waals surface area contributed by atoms with Gasteiger partial charge in [-0.2, -0.15) is 0 Å².